The lowest BCUT2D eigenvalue weighted by Gasteiger charge is -2.24. The van der Waals surface area contributed by atoms with Crippen LogP contribution in [0.3, 0.4) is 0 Å². The standard InChI is InChI=1S/C21H25Cl2N3O2/c1-4-26(14(2)3)10-9-24-20(27)15-5-7-19(8-6-15)25-21(28)16-11-17(22)13-18(23)12-16/h5-8,11-14H,4,9-10H2,1-3H3,(H,24,27)(H,25,28). The first kappa shape index (κ1) is 22.2. The van der Waals surface area contributed by atoms with Crippen molar-refractivity contribution in [3.63, 3.8) is 0 Å². The highest BCUT2D eigenvalue weighted by Crippen LogP contribution is 2.20. The molecule has 0 radical (unpaired) electrons. The Morgan fingerprint density at radius 1 is 0.964 bits per heavy atom. The van der Waals surface area contributed by atoms with Crippen molar-refractivity contribution in [2.24, 2.45) is 0 Å². The van der Waals surface area contributed by atoms with E-state index in [4.69, 9.17) is 23.2 Å². The quantitative estimate of drug-likeness (QED) is 0.648. The monoisotopic (exact) mass is 421 g/mol. The number of rotatable bonds is 8. The zero-order valence-electron chi connectivity index (χ0n) is 16.3. The summed E-state index contributed by atoms with van der Waals surface area (Å²) in [5, 5.41) is 6.47. The number of hydrogen-bond donors (Lipinski definition) is 2. The van der Waals surface area contributed by atoms with Gasteiger partial charge in [0.1, 0.15) is 0 Å². The summed E-state index contributed by atoms with van der Waals surface area (Å²) in [4.78, 5) is 26.9. The van der Waals surface area contributed by atoms with Gasteiger partial charge in [-0.2, -0.15) is 0 Å². The van der Waals surface area contributed by atoms with Crippen LogP contribution in [-0.2, 0) is 0 Å². The minimum absolute atomic E-state index is 0.140. The highest BCUT2D eigenvalue weighted by molar-refractivity contribution is 6.35. The Morgan fingerprint density at radius 2 is 1.57 bits per heavy atom. The van der Waals surface area contributed by atoms with Gasteiger partial charge < -0.3 is 10.6 Å². The number of nitrogens with zero attached hydrogens (tertiary/aromatic N) is 1. The van der Waals surface area contributed by atoms with E-state index >= 15 is 0 Å². The Bertz CT molecular complexity index is 803. The van der Waals surface area contributed by atoms with Crippen molar-refractivity contribution in [1.82, 2.24) is 10.2 Å². The van der Waals surface area contributed by atoms with Crippen LogP contribution in [0.15, 0.2) is 42.5 Å². The van der Waals surface area contributed by atoms with Gasteiger partial charge in [0.15, 0.2) is 0 Å². The maximum absolute atomic E-state index is 12.3. The molecule has 0 aliphatic heterocycles. The molecule has 0 aliphatic carbocycles. The lowest BCUT2D eigenvalue weighted by molar-refractivity contribution is 0.0945. The number of hydrogen-bond acceptors (Lipinski definition) is 3. The molecule has 0 aliphatic rings. The number of anilines is 1. The molecule has 2 amide bonds. The topological polar surface area (TPSA) is 61.4 Å². The third-order valence-electron chi connectivity index (χ3n) is 4.35. The molecule has 0 heterocycles. The summed E-state index contributed by atoms with van der Waals surface area (Å²) in [7, 11) is 0. The van der Waals surface area contributed by atoms with Crippen molar-refractivity contribution in [3.05, 3.63) is 63.6 Å². The first-order valence-corrected chi connectivity index (χ1v) is 9.95. The average molecular weight is 422 g/mol. The number of carbonyl (C=O) groups excluding carboxylic acids is 2. The van der Waals surface area contributed by atoms with Crippen molar-refractivity contribution >= 4 is 40.7 Å². The fraction of sp³-hybridized carbons (Fsp3) is 0.333. The molecule has 150 valence electrons. The van der Waals surface area contributed by atoms with Crippen LogP contribution >= 0.6 is 23.2 Å². The van der Waals surface area contributed by atoms with Gasteiger partial charge in [0.25, 0.3) is 11.8 Å². The second-order valence-electron chi connectivity index (χ2n) is 6.67. The van der Waals surface area contributed by atoms with E-state index in [9.17, 15) is 9.59 Å². The number of likely N-dealkylation sites (N-methyl/N-ethyl adjacent to an activating group) is 1. The molecule has 2 N–H and O–H groups in total. The molecule has 2 rings (SSSR count). The normalized spacial score (nSPS) is 11.0. The molecule has 5 nitrogen and oxygen atoms in total. The SMILES string of the molecule is CCN(CCNC(=O)c1ccc(NC(=O)c2cc(Cl)cc(Cl)c2)cc1)C(C)C. The maximum atomic E-state index is 12.3. The minimum Gasteiger partial charge on any atom is -0.351 e. The van der Waals surface area contributed by atoms with Crippen molar-refractivity contribution in [2.45, 2.75) is 26.8 Å². The predicted octanol–water partition coefficient (Wildman–Crippen LogP) is 4.71. The molecule has 2 aromatic carbocycles. The van der Waals surface area contributed by atoms with Gasteiger partial charge >= 0.3 is 0 Å². The molecule has 0 saturated heterocycles. The number of benzene rings is 2. The third-order valence-corrected chi connectivity index (χ3v) is 4.79. The highest BCUT2D eigenvalue weighted by Gasteiger charge is 2.11. The molecule has 0 saturated carbocycles. The van der Waals surface area contributed by atoms with E-state index in [1.54, 1.807) is 42.5 Å². The van der Waals surface area contributed by atoms with Crippen LogP contribution in [0.5, 0.6) is 0 Å². The number of halogens is 2. The largest absolute Gasteiger partial charge is 0.351 e. The van der Waals surface area contributed by atoms with Crippen LogP contribution in [-0.4, -0.2) is 42.4 Å². The fourth-order valence-electron chi connectivity index (χ4n) is 2.79. The molecule has 0 spiro atoms. The van der Waals surface area contributed by atoms with Crippen LogP contribution in [0.25, 0.3) is 0 Å². The molecule has 0 bridgehead atoms. The summed E-state index contributed by atoms with van der Waals surface area (Å²) >= 11 is 11.9. The Balaban J connectivity index is 1.91. The van der Waals surface area contributed by atoms with E-state index < -0.39 is 0 Å². The lowest BCUT2D eigenvalue weighted by atomic mass is 10.1. The summed E-state index contributed by atoms with van der Waals surface area (Å²) in [6, 6.07) is 11.8. The van der Waals surface area contributed by atoms with Crippen molar-refractivity contribution < 1.29 is 9.59 Å². The Morgan fingerprint density at radius 3 is 2.11 bits per heavy atom. The molecular formula is C21H25Cl2N3O2. The molecule has 2 aromatic rings. The van der Waals surface area contributed by atoms with E-state index in [-0.39, 0.29) is 11.8 Å². The highest BCUT2D eigenvalue weighted by atomic mass is 35.5. The van der Waals surface area contributed by atoms with Gasteiger partial charge in [-0.25, -0.2) is 0 Å². The minimum atomic E-state index is -0.324. The van der Waals surface area contributed by atoms with E-state index in [2.05, 4.69) is 36.3 Å². The maximum Gasteiger partial charge on any atom is 0.255 e. The summed E-state index contributed by atoms with van der Waals surface area (Å²) in [6.07, 6.45) is 0. The molecule has 0 atom stereocenters. The van der Waals surface area contributed by atoms with Gasteiger partial charge in [-0.1, -0.05) is 30.1 Å². The number of nitrogens with one attached hydrogen (secondary N) is 2. The molecule has 0 fully saturated rings. The predicted molar refractivity (Wildman–Crippen MR) is 116 cm³/mol. The zero-order valence-corrected chi connectivity index (χ0v) is 17.8. The van der Waals surface area contributed by atoms with Gasteiger partial charge in [-0.05, 0) is 62.9 Å². The molecular weight excluding hydrogens is 397 g/mol. The first-order valence-electron chi connectivity index (χ1n) is 9.20. The zero-order chi connectivity index (χ0) is 20.7. The number of carbonyl (C=O) groups is 2. The van der Waals surface area contributed by atoms with Crippen LogP contribution in [0.1, 0.15) is 41.5 Å². The van der Waals surface area contributed by atoms with Crippen LogP contribution in [0.2, 0.25) is 10.0 Å². The summed E-state index contributed by atoms with van der Waals surface area (Å²) in [6.45, 7) is 8.70. The Kier molecular flexibility index (Phi) is 8.30. The summed E-state index contributed by atoms with van der Waals surface area (Å²) < 4.78 is 0. The number of amides is 2. The van der Waals surface area contributed by atoms with Crippen LogP contribution < -0.4 is 10.6 Å². The van der Waals surface area contributed by atoms with E-state index in [0.717, 1.165) is 13.1 Å². The molecule has 7 heteroatoms. The second kappa shape index (κ2) is 10.5. The van der Waals surface area contributed by atoms with Crippen LogP contribution in [0, 0.1) is 0 Å². The van der Waals surface area contributed by atoms with Crippen molar-refractivity contribution in [2.75, 3.05) is 25.0 Å². The first-order chi connectivity index (χ1) is 13.3. The van der Waals surface area contributed by atoms with Crippen LogP contribution in [0.4, 0.5) is 5.69 Å². The van der Waals surface area contributed by atoms with Gasteiger partial charge in [0, 0.05) is 46.0 Å². The average Bonchev–Trinajstić information content (AvgIpc) is 2.64. The van der Waals surface area contributed by atoms with E-state index in [1.807, 2.05) is 0 Å². The van der Waals surface area contributed by atoms with Gasteiger partial charge in [-0.3, -0.25) is 14.5 Å². The molecule has 0 aromatic heterocycles. The van der Waals surface area contributed by atoms with Crippen molar-refractivity contribution in [3.8, 4) is 0 Å². The lowest BCUT2D eigenvalue weighted by Crippen LogP contribution is -2.38. The van der Waals surface area contributed by atoms with Gasteiger partial charge in [0.05, 0.1) is 0 Å². The molecule has 0 unspecified atom stereocenters. The van der Waals surface area contributed by atoms with Crippen molar-refractivity contribution in [1.29, 1.82) is 0 Å². The van der Waals surface area contributed by atoms with E-state index in [0.29, 0.717) is 39.4 Å². The summed E-state index contributed by atoms with van der Waals surface area (Å²) in [5.41, 5.74) is 1.48. The second-order valence-corrected chi connectivity index (χ2v) is 7.54. The molecule has 28 heavy (non-hydrogen) atoms. The Labute approximate surface area is 176 Å². The smallest absolute Gasteiger partial charge is 0.255 e. The van der Waals surface area contributed by atoms with Gasteiger partial charge in [0.2, 0.25) is 0 Å². The van der Waals surface area contributed by atoms with Gasteiger partial charge in [-0.15, -0.1) is 0 Å². The fourth-order valence-corrected chi connectivity index (χ4v) is 3.32. The van der Waals surface area contributed by atoms with E-state index in [1.165, 1.54) is 0 Å². The summed E-state index contributed by atoms with van der Waals surface area (Å²) in [5.74, 6) is -0.464. The third kappa shape index (κ3) is 6.51. The Hall–Kier alpha value is -2.08.